The highest BCUT2D eigenvalue weighted by atomic mass is 16.5. The predicted molar refractivity (Wildman–Crippen MR) is 250 cm³/mol. The zero-order chi connectivity index (χ0) is 40.3. The Morgan fingerprint density at radius 2 is 0.833 bits per heavy atom. The van der Waals surface area contributed by atoms with Crippen LogP contribution in [0.15, 0.2) is 188 Å². The molecule has 0 aromatic heterocycles. The van der Waals surface area contributed by atoms with E-state index >= 15 is 0 Å². The number of anilines is 3. The maximum absolute atomic E-state index is 7.05. The number of hydrogen-bond acceptors (Lipinski definition) is 2. The Labute approximate surface area is 352 Å². The van der Waals surface area contributed by atoms with Crippen LogP contribution in [0.5, 0.6) is 11.5 Å². The van der Waals surface area contributed by atoms with Crippen LogP contribution in [0.1, 0.15) is 49.9 Å². The van der Waals surface area contributed by atoms with Crippen molar-refractivity contribution in [2.75, 3.05) is 4.90 Å². The Balaban J connectivity index is 1.10. The standard InChI is InChI=1S/C58H43NO/c1-57(2)50-22-12-10-19-43(50)45-28-25-40(34-52(45)57)59(41-26-29-46-44-20-11-13-23-51(44)58(3,4)53(46)35-41)39-27-30-54-48(33-39)47-31-37-17-8-9-18-38(37)32-49(47)56-42(21-14-24-55(56)60-54)36-15-6-5-7-16-36/h5-35H,1-4H3. The van der Waals surface area contributed by atoms with Gasteiger partial charge in [-0.3, -0.25) is 0 Å². The minimum absolute atomic E-state index is 0.140. The van der Waals surface area contributed by atoms with Crippen LogP contribution in [0.4, 0.5) is 17.1 Å². The van der Waals surface area contributed by atoms with Gasteiger partial charge in [-0.15, -0.1) is 0 Å². The zero-order valence-corrected chi connectivity index (χ0v) is 34.3. The summed E-state index contributed by atoms with van der Waals surface area (Å²) in [7, 11) is 0. The molecule has 0 unspecified atom stereocenters. The van der Waals surface area contributed by atoms with Crippen LogP contribution in [-0.4, -0.2) is 0 Å². The molecule has 2 aliphatic carbocycles. The second kappa shape index (κ2) is 12.7. The van der Waals surface area contributed by atoms with Crippen LogP contribution in [0.25, 0.3) is 66.4 Å². The molecule has 2 heteroatoms. The quantitative estimate of drug-likeness (QED) is 0.177. The van der Waals surface area contributed by atoms with E-state index in [-0.39, 0.29) is 10.8 Å². The maximum Gasteiger partial charge on any atom is 0.135 e. The summed E-state index contributed by atoms with van der Waals surface area (Å²) < 4.78 is 7.05. The van der Waals surface area contributed by atoms with Gasteiger partial charge in [-0.1, -0.05) is 155 Å². The minimum Gasteiger partial charge on any atom is -0.456 e. The van der Waals surface area contributed by atoms with Gasteiger partial charge >= 0.3 is 0 Å². The third-order valence-corrected chi connectivity index (χ3v) is 13.6. The van der Waals surface area contributed by atoms with Crippen molar-refractivity contribution in [1.82, 2.24) is 0 Å². The average molecular weight is 770 g/mol. The van der Waals surface area contributed by atoms with Crippen molar-refractivity contribution in [1.29, 1.82) is 0 Å². The van der Waals surface area contributed by atoms with E-state index in [2.05, 4.69) is 221 Å². The molecule has 0 N–H and O–H groups in total. The molecule has 0 amide bonds. The number of nitrogens with zero attached hydrogens (tertiary/aromatic N) is 1. The van der Waals surface area contributed by atoms with Crippen LogP contribution in [0.3, 0.4) is 0 Å². The summed E-state index contributed by atoms with van der Waals surface area (Å²) in [5.41, 5.74) is 20.6. The van der Waals surface area contributed by atoms with Crippen LogP contribution < -0.4 is 9.64 Å². The lowest BCUT2D eigenvalue weighted by Gasteiger charge is -2.30. The first-order valence-electron chi connectivity index (χ1n) is 21.1. The summed E-state index contributed by atoms with van der Waals surface area (Å²) in [5, 5.41) is 2.40. The highest BCUT2D eigenvalue weighted by Crippen LogP contribution is 2.55. The Kier molecular flexibility index (Phi) is 7.36. The van der Waals surface area contributed by atoms with Gasteiger partial charge in [0.05, 0.1) is 0 Å². The molecular weight excluding hydrogens is 727 g/mol. The van der Waals surface area contributed by atoms with Crippen LogP contribution >= 0.6 is 0 Å². The first-order valence-corrected chi connectivity index (χ1v) is 21.1. The fourth-order valence-electron chi connectivity index (χ4n) is 10.6. The topological polar surface area (TPSA) is 12.5 Å². The molecular formula is C58H43NO. The number of fused-ring (bicyclic) bond motifs is 12. The molecule has 0 radical (unpaired) electrons. The van der Waals surface area contributed by atoms with Crippen molar-refractivity contribution >= 4 is 27.8 Å². The molecule has 12 rings (SSSR count). The van der Waals surface area contributed by atoms with Crippen LogP contribution in [0.2, 0.25) is 0 Å². The highest BCUT2D eigenvalue weighted by Gasteiger charge is 2.38. The molecule has 0 bridgehead atoms. The van der Waals surface area contributed by atoms with Crippen molar-refractivity contribution in [2.24, 2.45) is 0 Å². The lowest BCUT2D eigenvalue weighted by molar-refractivity contribution is 0.488. The normalized spacial score (nSPS) is 14.4. The molecule has 2 nitrogen and oxygen atoms in total. The van der Waals surface area contributed by atoms with Crippen molar-refractivity contribution < 1.29 is 4.74 Å². The Morgan fingerprint density at radius 3 is 1.47 bits per heavy atom. The number of benzene rings is 9. The van der Waals surface area contributed by atoms with E-state index in [1.54, 1.807) is 0 Å². The summed E-state index contributed by atoms with van der Waals surface area (Å²) in [6.45, 7) is 9.46. The van der Waals surface area contributed by atoms with E-state index < -0.39 is 0 Å². The summed E-state index contributed by atoms with van der Waals surface area (Å²) >= 11 is 0. The van der Waals surface area contributed by atoms with Crippen molar-refractivity contribution in [2.45, 2.75) is 38.5 Å². The van der Waals surface area contributed by atoms with Gasteiger partial charge < -0.3 is 9.64 Å². The van der Waals surface area contributed by atoms with E-state index in [0.717, 1.165) is 50.8 Å². The smallest absolute Gasteiger partial charge is 0.135 e. The SMILES string of the molecule is CC1(C)c2ccccc2-c2ccc(N(c3ccc4c(c3)-c3cc5ccccc5cc3-c3c(cccc3-c3ccccc3)O4)c3ccc4c(c3)C(C)(C)c3ccccc3-4)cc21. The molecule has 1 aliphatic heterocycles. The Bertz CT molecular complexity index is 3140. The fraction of sp³-hybridized carbons (Fsp3) is 0.103. The zero-order valence-electron chi connectivity index (χ0n) is 34.3. The van der Waals surface area contributed by atoms with Gasteiger partial charge in [0.1, 0.15) is 11.5 Å². The average Bonchev–Trinajstić information content (AvgIpc) is 3.59. The molecule has 286 valence electrons. The lowest BCUT2D eigenvalue weighted by Crippen LogP contribution is -2.18. The number of ether oxygens (including phenoxy) is 1. The molecule has 9 aromatic carbocycles. The molecule has 1 heterocycles. The van der Waals surface area contributed by atoms with Gasteiger partial charge in [-0.2, -0.15) is 0 Å². The molecule has 9 aromatic rings. The van der Waals surface area contributed by atoms with E-state index in [4.69, 9.17) is 4.74 Å². The number of hydrogen-bond donors (Lipinski definition) is 0. The third-order valence-electron chi connectivity index (χ3n) is 13.6. The van der Waals surface area contributed by atoms with E-state index in [0.29, 0.717) is 0 Å². The lowest BCUT2D eigenvalue weighted by atomic mass is 9.82. The Hall–Kier alpha value is -7.16. The molecule has 0 atom stereocenters. The molecule has 0 saturated heterocycles. The van der Waals surface area contributed by atoms with Gasteiger partial charge in [-0.05, 0) is 138 Å². The second-order valence-corrected chi connectivity index (χ2v) is 17.7. The summed E-state index contributed by atoms with van der Waals surface area (Å²) in [6, 6.07) is 69.3. The first-order chi connectivity index (χ1) is 29.3. The first kappa shape index (κ1) is 34.8. The second-order valence-electron chi connectivity index (χ2n) is 17.7. The molecule has 0 saturated carbocycles. The largest absolute Gasteiger partial charge is 0.456 e. The van der Waals surface area contributed by atoms with Crippen LogP contribution in [-0.2, 0) is 10.8 Å². The van der Waals surface area contributed by atoms with E-state index in [1.165, 1.54) is 66.4 Å². The predicted octanol–water partition coefficient (Wildman–Crippen LogP) is 16.0. The van der Waals surface area contributed by atoms with Gasteiger partial charge in [-0.25, -0.2) is 0 Å². The van der Waals surface area contributed by atoms with Gasteiger partial charge in [0.2, 0.25) is 0 Å². The summed E-state index contributed by atoms with van der Waals surface area (Å²) in [4.78, 5) is 2.47. The molecule has 3 aliphatic rings. The molecule has 60 heavy (non-hydrogen) atoms. The third kappa shape index (κ3) is 5.01. The highest BCUT2D eigenvalue weighted by molar-refractivity contribution is 6.04. The summed E-state index contributed by atoms with van der Waals surface area (Å²) in [6.07, 6.45) is 0. The van der Waals surface area contributed by atoms with Crippen LogP contribution in [0, 0.1) is 0 Å². The number of rotatable bonds is 4. The van der Waals surface area contributed by atoms with Crippen molar-refractivity contribution in [3.63, 3.8) is 0 Å². The fourth-order valence-corrected chi connectivity index (χ4v) is 10.6. The summed E-state index contributed by atoms with van der Waals surface area (Å²) in [5.74, 6) is 1.70. The van der Waals surface area contributed by atoms with E-state index in [1.807, 2.05) is 0 Å². The van der Waals surface area contributed by atoms with Gasteiger partial charge in [0.15, 0.2) is 0 Å². The van der Waals surface area contributed by atoms with E-state index in [9.17, 15) is 0 Å². The monoisotopic (exact) mass is 769 g/mol. The molecule has 0 spiro atoms. The maximum atomic E-state index is 7.05. The van der Waals surface area contributed by atoms with Gasteiger partial charge in [0.25, 0.3) is 0 Å². The Morgan fingerprint density at radius 1 is 0.333 bits per heavy atom. The molecule has 0 fully saturated rings. The van der Waals surface area contributed by atoms with Gasteiger partial charge in [0, 0.05) is 39.0 Å². The minimum atomic E-state index is -0.140. The van der Waals surface area contributed by atoms with Crippen molar-refractivity contribution in [3.05, 3.63) is 210 Å². The van der Waals surface area contributed by atoms with Crippen molar-refractivity contribution in [3.8, 4) is 67.1 Å².